The predicted molar refractivity (Wildman–Crippen MR) is 74.8 cm³/mol. The summed E-state index contributed by atoms with van der Waals surface area (Å²) in [5.41, 5.74) is 8.13. The molecule has 0 aliphatic carbocycles. The Bertz CT molecular complexity index is 604. The molecule has 2 aromatic heterocycles. The summed E-state index contributed by atoms with van der Waals surface area (Å²) in [5, 5.41) is 8.06. The molecule has 0 aromatic carbocycles. The van der Waals surface area contributed by atoms with Crippen molar-refractivity contribution in [2.45, 2.75) is 32.7 Å². The summed E-state index contributed by atoms with van der Waals surface area (Å²) in [6, 6.07) is 1.79. The molecule has 0 bridgehead atoms. The van der Waals surface area contributed by atoms with Gasteiger partial charge in [0.2, 0.25) is 5.91 Å². The Hall–Kier alpha value is -1.95. The van der Waals surface area contributed by atoms with Gasteiger partial charge in [0, 0.05) is 24.9 Å². The summed E-state index contributed by atoms with van der Waals surface area (Å²) in [6.45, 7) is 3.88. The van der Waals surface area contributed by atoms with E-state index in [0.29, 0.717) is 12.1 Å². The number of carbonyl (C=O) groups excluding carboxylic acids is 1. The zero-order valence-corrected chi connectivity index (χ0v) is 11.5. The molecule has 2 heterocycles. The molecular formula is C13H19N5O. The van der Waals surface area contributed by atoms with E-state index < -0.39 is 0 Å². The zero-order valence-electron chi connectivity index (χ0n) is 11.5. The maximum atomic E-state index is 11.8. The lowest BCUT2D eigenvalue weighted by molar-refractivity contribution is -0.116. The van der Waals surface area contributed by atoms with E-state index in [9.17, 15) is 4.79 Å². The van der Waals surface area contributed by atoms with Crippen LogP contribution in [0.2, 0.25) is 0 Å². The molecule has 0 aliphatic rings. The third-order valence-electron chi connectivity index (χ3n) is 3.12. The number of aryl methyl sites for hydroxylation is 2. The van der Waals surface area contributed by atoms with Crippen LogP contribution in [0.3, 0.4) is 0 Å². The van der Waals surface area contributed by atoms with E-state index >= 15 is 0 Å². The third-order valence-corrected chi connectivity index (χ3v) is 3.12. The van der Waals surface area contributed by atoms with Crippen molar-refractivity contribution in [3.8, 4) is 0 Å². The summed E-state index contributed by atoms with van der Waals surface area (Å²) >= 11 is 0. The van der Waals surface area contributed by atoms with Crippen molar-refractivity contribution >= 4 is 22.6 Å². The van der Waals surface area contributed by atoms with Crippen LogP contribution in [0.4, 0.5) is 5.69 Å². The molecule has 0 radical (unpaired) electrons. The second kappa shape index (κ2) is 5.36. The van der Waals surface area contributed by atoms with Crippen molar-refractivity contribution in [3.63, 3.8) is 0 Å². The van der Waals surface area contributed by atoms with Gasteiger partial charge in [-0.05, 0) is 19.4 Å². The largest absolute Gasteiger partial charge is 0.327 e. The molecule has 1 atom stereocenters. The minimum Gasteiger partial charge on any atom is -0.327 e. The average molecular weight is 261 g/mol. The number of fused-ring (bicyclic) bond motifs is 1. The van der Waals surface area contributed by atoms with Crippen LogP contribution in [0.5, 0.6) is 0 Å². The van der Waals surface area contributed by atoms with E-state index in [0.717, 1.165) is 23.1 Å². The number of hydrogen-bond donors (Lipinski definition) is 2. The van der Waals surface area contributed by atoms with Crippen LogP contribution in [0.25, 0.3) is 11.0 Å². The minimum atomic E-state index is -0.100. The maximum Gasteiger partial charge on any atom is 0.225 e. The van der Waals surface area contributed by atoms with Gasteiger partial charge in [0.15, 0.2) is 5.65 Å². The minimum absolute atomic E-state index is 0.0861. The summed E-state index contributed by atoms with van der Waals surface area (Å²) in [7, 11) is 1.85. The van der Waals surface area contributed by atoms with E-state index in [2.05, 4.69) is 15.4 Å². The van der Waals surface area contributed by atoms with Crippen LogP contribution in [-0.2, 0) is 11.8 Å². The van der Waals surface area contributed by atoms with Crippen LogP contribution in [0.1, 0.15) is 25.5 Å². The molecule has 1 amide bonds. The number of anilines is 1. The highest BCUT2D eigenvalue weighted by atomic mass is 16.1. The van der Waals surface area contributed by atoms with Gasteiger partial charge in [-0.25, -0.2) is 4.98 Å². The van der Waals surface area contributed by atoms with Crippen LogP contribution in [0.15, 0.2) is 12.3 Å². The van der Waals surface area contributed by atoms with Crippen LogP contribution in [-0.4, -0.2) is 26.7 Å². The predicted octanol–water partition coefficient (Wildman–Crippen LogP) is 1.34. The van der Waals surface area contributed by atoms with Crippen molar-refractivity contribution < 1.29 is 4.79 Å². The van der Waals surface area contributed by atoms with Gasteiger partial charge in [0.25, 0.3) is 0 Å². The van der Waals surface area contributed by atoms with Gasteiger partial charge in [-0.1, -0.05) is 6.92 Å². The number of hydrogen-bond acceptors (Lipinski definition) is 4. The van der Waals surface area contributed by atoms with Gasteiger partial charge < -0.3 is 11.1 Å². The van der Waals surface area contributed by atoms with Crippen molar-refractivity contribution in [2.24, 2.45) is 12.8 Å². The van der Waals surface area contributed by atoms with E-state index in [1.165, 1.54) is 0 Å². The molecule has 0 saturated heterocycles. The van der Waals surface area contributed by atoms with Crippen LogP contribution >= 0.6 is 0 Å². The van der Waals surface area contributed by atoms with E-state index in [1.807, 2.05) is 27.0 Å². The topological polar surface area (TPSA) is 85.8 Å². The van der Waals surface area contributed by atoms with Gasteiger partial charge >= 0.3 is 0 Å². The van der Waals surface area contributed by atoms with Crippen molar-refractivity contribution in [1.29, 1.82) is 0 Å². The second-order valence-electron chi connectivity index (χ2n) is 4.72. The lowest BCUT2D eigenvalue weighted by Gasteiger charge is -2.09. The zero-order chi connectivity index (χ0) is 14.0. The first-order chi connectivity index (χ1) is 9.01. The van der Waals surface area contributed by atoms with E-state index in [1.54, 1.807) is 10.9 Å². The highest BCUT2D eigenvalue weighted by Gasteiger charge is 2.10. The third kappa shape index (κ3) is 2.90. The molecule has 0 fully saturated rings. The quantitative estimate of drug-likeness (QED) is 0.869. The van der Waals surface area contributed by atoms with Gasteiger partial charge in [-0.3, -0.25) is 9.48 Å². The number of nitrogens with zero attached hydrogens (tertiary/aromatic N) is 3. The normalized spacial score (nSPS) is 12.6. The number of amides is 1. The van der Waals surface area contributed by atoms with Gasteiger partial charge in [-0.2, -0.15) is 5.10 Å². The molecule has 0 spiro atoms. The standard InChI is InChI=1S/C13H19N5O/c1-4-9(14)5-12(19)16-10-6-11-8(2)17-18(3)13(11)15-7-10/h6-7,9H,4-5,14H2,1-3H3,(H,16,19). The Morgan fingerprint density at radius 3 is 3.00 bits per heavy atom. The molecule has 6 nitrogen and oxygen atoms in total. The molecule has 2 aromatic rings. The van der Waals surface area contributed by atoms with Crippen LogP contribution in [0, 0.1) is 6.92 Å². The number of rotatable bonds is 4. The Balaban J connectivity index is 2.17. The number of nitrogens with two attached hydrogens (primary N) is 1. The van der Waals surface area contributed by atoms with Crippen molar-refractivity contribution in [3.05, 3.63) is 18.0 Å². The molecule has 19 heavy (non-hydrogen) atoms. The summed E-state index contributed by atoms with van der Waals surface area (Å²) in [4.78, 5) is 16.1. The molecule has 0 aliphatic heterocycles. The summed E-state index contributed by atoms with van der Waals surface area (Å²) in [5.74, 6) is -0.0861. The lowest BCUT2D eigenvalue weighted by Crippen LogP contribution is -2.26. The molecule has 102 valence electrons. The van der Waals surface area contributed by atoms with E-state index in [-0.39, 0.29) is 11.9 Å². The van der Waals surface area contributed by atoms with Gasteiger partial charge in [0.1, 0.15) is 0 Å². The van der Waals surface area contributed by atoms with Gasteiger partial charge in [0.05, 0.1) is 17.6 Å². The maximum absolute atomic E-state index is 11.8. The SMILES string of the molecule is CCC(N)CC(=O)Nc1cnc2c(c1)c(C)nn2C. The number of aromatic nitrogens is 3. The van der Waals surface area contributed by atoms with Crippen molar-refractivity contribution in [1.82, 2.24) is 14.8 Å². The first-order valence-electron chi connectivity index (χ1n) is 6.36. The number of nitrogens with one attached hydrogen (secondary N) is 1. The first-order valence-corrected chi connectivity index (χ1v) is 6.36. The molecular weight excluding hydrogens is 242 g/mol. The van der Waals surface area contributed by atoms with Crippen LogP contribution < -0.4 is 11.1 Å². The molecule has 6 heteroatoms. The molecule has 2 rings (SSSR count). The fourth-order valence-electron chi connectivity index (χ4n) is 1.97. The summed E-state index contributed by atoms with van der Waals surface area (Å²) < 4.78 is 1.73. The van der Waals surface area contributed by atoms with Gasteiger partial charge in [-0.15, -0.1) is 0 Å². The first kappa shape index (κ1) is 13.5. The summed E-state index contributed by atoms with van der Waals surface area (Å²) in [6.07, 6.45) is 2.74. The Morgan fingerprint density at radius 2 is 2.32 bits per heavy atom. The number of pyridine rings is 1. The monoisotopic (exact) mass is 261 g/mol. The highest BCUT2D eigenvalue weighted by Crippen LogP contribution is 2.19. The Kier molecular flexibility index (Phi) is 3.80. The fraction of sp³-hybridized carbons (Fsp3) is 0.462. The number of carbonyl (C=O) groups is 1. The average Bonchev–Trinajstić information content (AvgIpc) is 2.64. The Labute approximate surface area is 112 Å². The smallest absolute Gasteiger partial charge is 0.225 e. The molecule has 1 unspecified atom stereocenters. The molecule has 3 N–H and O–H groups in total. The van der Waals surface area contributed by atoms with E-state index in [4.69, 9.17) is 5.73 Å². The second-order valence-corrected chi connectivity index (χ2v) is 4.72. The molecule has 0 saturated carbocycles. The lowest BCUT2D eigenvalue weighted by atomic mass is 10.1. The Morgan fingerprint density at radius 1 is 1.58 bits per heavy atom. The fourth-order valence-corrected chi connectivity index (χ4v) is 1.97. The van der Waals surface area contributed by atoms with Crippen molar-refractivity contribution in [2.75, 3.05) is 5.32 Å². The highest BCUT2D eigenvalue weighted by molar-refractivity contribution is 5.93.